The third kappa shape index (κ3) is 2.96. The zero-order valence-electron chi connectivity index (χ0n) is 13.6. The number of benzene rings is 2. The van der Waals surface area contributed by atoms with E-state index in [2.05, 4.69) is 22.8 Å². The van der Waals surface area contributed by atoms with E-state index in [0.29, 0.717) is 0 Å². The molecule has 0 saturated carbocycles. The van der Waals surface area contributed by atoms with Crippen molar-refractivity contribution in [2.45, 2.75) is 12.5 Å². The van der Waals surface area contributed by atoms with Gasteiger partial charge in [-0.2, -0.15) is 0 Å². The number of nitrogens with one attached hydrogen (secondary N) is 2. The Kier molecular flexibility index (Phi) is 4.64. The standard InChI is InChI=1S/C18H21ClN2O2/c1-20-15-5-4-12(19)9-14(15)18-13-10-17(23-3)16(22-2)8-11(13)6-7-21-18/h4-5,8-10,18,20-21H,6-7H2,1-3H3. The van der Waals surface area contributed by atoms with E-state index < -0.39 is 0 Å². The molecule has 4 nitrogen and oxygen atoms in total. The Bertz CT molecular complexity index is 718. The van der Waals surface area contributed by atoms with Gasteiger partial charge >= 0.3 is 0 Å². The van der Waals surface area contributed by atoms with Crippen molar-refractivity contribution in [3.63, 3.8) is 0 Å². The van der Waals surface area contributed by atoms with Crippen LogP contribution in [0.1, 0.15) is 22.7 Å². The predicted molar refractivity (Wildman–Crippen MR) is 94.1 cm³/mol. The normalized spacial score (nSPS) is 16.6. The molecule has 0 saturated heterocycles. The Morgan fingerprint density at radius 2 is 1.83 bits per heavy atom. The molecule has 5 heteroatoms. The second kappa shape index (κ2) is 6.69. The SMILES string of the molecule is CNc1ccc(Cl)cc1C1NCCc2cc(OC)c(OC)cc21. The third-order valence-corrected chi connectivity index (χ3v) is 4.53. The second-order valence-corrected chi connectivity index (χ2v) is 5.96. The highest BCUT2D eigenvalue weighted by molar-refractivity contribution is 6.30. The number of anilines is 1. The zero-order valence-corrected chi connectivity index (χ0v) is 14.3. The number of ether oxygens (including phenoxy) is 2. The van der Waals surface area contributed by atoms with E-state index in [4.69, 9.17) is 21.1 Å². The summed E-state index contributed by atoms with van der Waals surface area (Å²) in [4.78, 5) is 0. The molecule has 0 amide bonds. The summed E-state index contributed by atoms with van der Waals surface area (Å²) < 4.78 is 10.9. The summed E-state index contributed by atoms with van der Waals surface area (Å²) in [6, 6.07) is 10.1. The Morgan fingerprint density at radius 1 is 1.09 bits per heavy atom. The summed E-state index contributed by atoms with van der Waals surface area (Å²) in [5.74, 6) is 1.51. The van der Waals surface area contributed by atoms with Crippen molar-refractivity contribution in [2.75, 3.05) is 33.1 Å². The van der Waals surface area contributed by atoms with E-state index >= 15 is 0 Å². The highest BCUT2D eigenvalue weighted by Crippen LogP contribution is 2.39. The van der Waals surface area contributed by atoms with Crippen molar-refractivity contribution in [2.24, 2.45) is 0 Å². The van der Waals surface area contributed by atoms with Gasteiger partial charge in [0.2, 0.25) is 0 Å². The maximum absolute atomic E-state index is 6.23. The second-order valence-electron chi connectivity index (χ2n) is 5.52. The molecular weight excluding hydrogens is 312 g/mol. The van der Waals surface area contributed by atoms with Gasteiger partial charge in [-0.05, 0) is 53.4 Å². The summed E-state index contributed by atoms with van der Waals surface area (Å²) >= 11 is 6.23. The van der Waals surface area contributed by atoms with Crippen LogP contribution < -0.4 is 20.1 Å². The number of hydrogen-bond donors (Lipinski definition) is 2. The molecular formula is C18H21ClN2O2. The van der Waals surface area contributed by atoms with Crippen molar-refractivity contribution in [1.82, 2.24) is 5.32 Å². The van der Waals surface area contributed by atoms with Crippen molar-refractivity contribution in [1.29, 1.82) is 0 Å². The molecule has 122 valence electrons. The van der Waals surface area contributed by atoms with Crippen molar-refractivity contribution in [3.8, 4) is 11.5 Å². The fraction of sp³-hybridized carbons (Fsp3) is 0.333. The van der Waals surface area contributed by atoms with Crippen LogP contribution in [0, 0.1) is 0 Å². The number of methoxy groups -OCH3 is 2. The maximum Gasteiger partial charge on any atom is 0.161 e. The van der Waals surface area contributed by atoms with Crippen LogP contribution in [-0.4, -0.2) is 27.8 Å². The van der Waals surface area contributed by atoms with E-state index in [9.17, 15) is 0 Å². The Hall–Kier alpha value is -1.91. The molecule has 1 unspecified atom stereocenters. The fourth-order valence-electron chi connectivity index (χ4n) is 3.16. The molecule has 1 atom stereocenters. The summed E-state index contributed by atoms with van der Waals surface area (Å²) in [5, 5.41) is 7.56. The lowest BCUT2D eigenvalue weighted by molar-refractivity contribution is 0.353. The third-order valence-electron chi connectivity index (χ3n) is 4.29. The van der Waals surface area contributed by atoms with Crippen molar-refractivity contribution in [3.05, 3.63) is 52.0 Å². The number of hydrogen-bond acceptors (Lipinski definition) is 4. The van der Waals surface area contributed by atoms with Gasteiger partial charge in [-0.25, -0.2) is 0 Å². The summed E-state index contributed by atoms with van der Waals surface area (Å²) in [7, 11) is 5.25. The average molecular weight is 333 g/mol. The molecule has 2 aromatic rings. The van der Waals surface area contributed by atoms with Crippen LogP contribution in [0.5, 0.6) is 11.5 Å². The fourth-order valence-corrected chi connectivity index (χ4v) is 3.34. The van der Waals surface area contributed by atoms with Gasteiger partial charge < -0.3 is 20.1 Å². The molecule has 2 aromatic carbocycles. The summed E-state index contributed by atoms with van der Waals surface area (Å²) in [6.07, 6.45) is 0.960. The minimum Gasteiger partial charge on any atom is -0.493 e. The molecule has 1 aliphatic heterocycles. The average Bonchev–Trinajstić information content (AvgIpc) is 2.59. The van der Waals surface area contributed by atoms with Crippen LogP contribution in [0.25, 0.3) is 0 Å². The number of rotatable bonds is 4. The minimum atomic E-state index is 0.0692. The molecule has 23 heavy (non-hydrogen) atoms. The van der Waals surface area contributed by atoms with Crippen molar-refractivity contribution < 1.29 is 9.47 Å². The lowest BCUT2D eigenvalue weighted by atomic mass is 9.88. The largest absolute Gasteiger partial charge is 0.493 e. The van der Waals surface area contributed by atoms with Crippen LogP contribution in [0.15, 0.2) is 30.3 Å². The topological polar surface area (TPSA) is 42.5 Å². The highest BCUT2D eigenvalue weighted by Gasteiger charge is 2.25. The van der Waals surface area contributed by atoms with Gasteiger partial charge in [-0.15, -0.1) is 0 Å². The molecule has 0 radical (unpaired) electrons. The van der Waals surface area contributed by atoms with Gasteiger partial charge in [0, 0.05) is 24.3 Å². The first-order valence-electron chi connectivity index (χ1n) is 7.63. The molecule has 1 heterocycles. The number of halogens is 1. The molecule has 0 aromatic heterocycles. The van der Waals surface area contributed by atoms with Gasteiger partial charge in [0.25, 0.3) is 0 Å². The van der Waals surface area contributed by atoms with Crippen LogP contribution >= 0.6 is 11.6 Å². The van der Waals surface area contributed by atoms with Gasteiger partial charge in [0.15, 0.2) is 11.5 Å². The highest BCUT2D eigenvalue weighted by atomic mass is 35.5. The van der Waals surface area contributed by atoms with Gasteiger partial charge in [-0.3, -0.25) is 0 Å². The quantitative estimate of drug-likeness (QED) is 0.897. The monoisotopic (exact) mass is 332 g/mol. The van der Waals surface area contributed by atoms with E-state index in [-0.39, 0.29) is 6.04 Å². The lowest BCUT2D eigenvalue weighted by Crippen LogP contribution is -2.31. The van der Waals surface area contributed by atoms with Crippen LogP contribution in [0.3, 0.4) is 0 Å². The van der Waals surface area contributed by atoms with Crippen LogP contribution in [0.2, 0.25) is 5.02 Å². The molecule has 0 spiro atoms. The molecule has 3 rings (SSSR count). The summed E-state index contributed by atoms with van der Waals surface area (Å²) in [5.41, 5.74) is 4.67. The van der Waals surface area contributed by atoms with E-state index in [1.54, 1.807) is 14.2 Å². The first-order chi connectivity index (χ1) is 11.2. The Balaban J connectivity index is 2.13. The van der Waals surface area contributed by atoms with Gasteiger partial charge in [0.05, 0.1) is 20.3 Å². The number of fused-ring (bicyclic) bond motifs is 1. The molecule has 0 aliphatic carbocycles. The van der Waals surface area contributed by atoms with Gasteiger partial charge in [0.1, 0.15) is 0 Å². The minimum absolute atomic E-state index is 0.0692. The first kappa shape index (κ1) is 16.0. The Labute approximate surface area is 141 Å². The smallest absolute Gasteiger partial charge is 0.161 e. The van der Waals surface area contributed by atoms with E-state index in [0.717, 1.165) is 40.7 Å². The van der Waals surface area contributed by atoms with Crippen molar-refractivity contribution >= 4 is 17.3 Å². The van der Waals surface area contributed by atoms with Gasteiger partial charge in [-0.1, -0.05) is 11.6 Å². The lowest BCUT2D eigenvalue weighted by Gasteiger charge is -2.30. The van der Waals surface area contributed by atoms with E-state index in [1.165, 1.54) is 11.1 Å². The molecule has 0 bridgehead atoms. The molecule has 2 N–H and O–H groups in total. The molecule has 1 aliphatic rings. The van der Waals surface area contributed by atoms with Crippen LogP contribution in [-0.2, 0) is 6.42 Å². The zero-order chi connectivity index (χ0) is 16.4. The Morgan fingerprint density at radius 3 is 2.52 bits per heavy atom. The predicted octanol–water partition coefficient (Wildman–Crippen LogP) is 3.63. The summed E-state index contributed by atoms with van der Waals surface area (Å²) in [6.45, 7) is 0.906. The maximum atomic E-state index is 6.23. The van der Waals surface area contributed by atoms with E-state index in [1.807, 2.05) is 25.2 Å². The first-order valence-corrected chi connectivity index (χ1v) is 8.01. The molecule has 0 fully saturated rings. The van der Waals surface area contributed by atoms with Crippen LogP contribution in [0.4, 0.5) is 5.69 Å².